The highest BCUT2D eigenvalue weighted by atomic mass is 16.3. The molecular formula is C57H37NO. The van der Waals surface area contributed by atoms with E-state index in [1.54, 1.807) is 0 Å². The predicted molar refractivity (Wildman–Crippen MR) is 249 cm³/mol. The zero-order valence-corrected chi connectivity index (χ0v) is 32.7. The number of fused-ring (bicyclic) bond motifs is 12. The quantitative estimate of drug-likeness (QED) is 0.179. The van der Waals surface area contributed by atoms with Gasteiger partial charge in [-0.15, -0.1) is 0 Å². The average Bonchev–Trinajstić information content (AvgIpc) is 3.89. The van der Waals surface area contributed by atoms with Gasteiger partial charge in [-0.1, -0.05) is 141 Å². The largest absolute Gasteiger partial charge is 0.456 e. The van der Waals surface area contributed by atoms with Crippen molar-refractivity contribution in [2.45, 2.75) is 19.3 Å². The van der Waals surface area contributed by atoms with Gasteiger partial charge in [0.1, 0.15) is 11.2 Å². The standard InChI is InChI=1S/C57H37NO/c1-57(2)49-29-35(34-22-25-53-47(26-34)48-28-37-27-46-41-14-10-11-19-51(41)58-52(46)31-38(37)32-54(48)59-53)20-23-39(49)40-24-21-36(30-50(40)57)56-44-17-8-6-15-42(44)55(33-12-4-3-5-13-33)43-16-7-9-18-45(43)56/h3-32,58H,1-2H3. The second-order valence-corrected chi connectivity index (χ2v) is 16.9. The number of aromatic nitrogens is 1. The molecule has 13 rings (SSSR count). The summed E-state index contributed by atoms with van der Waals surface area (Å²) in [5.41, 5.74) is 16.8. The molecule has 10 aromatic carbocycles. The molecule has 0 saturated heterocycles. The minimum absolute atomic E-state index is 0.189. The van der Waals surface area contributed by atoms with Crippen LogP contribution in [0.4, 0.5) is 0 Å². The highest BCUT2D eigenvalue weighted by Crippen LogP contribution is 2.52. The summed E-state index contributed by atoms with van der Waals surface area (Å²) in [5.74, 6) is 0. The molecule has 0 saturated carbocycles. The molecule has 0 amide bonds. The first kappa shape index (κ1) is 32.6. The topological polar surface area (TPSA) is 28.9 Å². The summed E-state index contributed by atoms with van der Waals surface area (Å²) in [5, 5.41) is 12.3. The van der Waals surface area contributed by atoms with E-state index < -0.39 is 0 Å². The molecule has 2 heteroatoms. The molecular weight excluding hydrogens is 715 g/mol. The van der Waals surface area contributed by atoms with Gasteiger partial charge in [-0.2, -0.15) is 0 Å². The number of furan rings is 1. The van der Waals surface area contributed by atoms with Gasteiger partial charge < -0.3 is 9.40 Å². The Bertz CT molecular complexity index is 3690. The van der Waals surface area contributed by atoms with Crippen LogP contribution in [0.1, 0.15) is 25.0 Å². The Morgan fingerprint density at radius 1 is 0.356 bits per heavy atom. The number of aromatic amines is 1. The second kappa shape index (κ2) is 11.8. The predicted octanol–water partition coefficient (Wildman–Crippen LogP) is 16.0. The molecule has 59 heavy (non-hydrogen) atoms. The van der Waals surface area contributed by atoms with Gasteiger partial charge in [0.05, 0.1) is 0 Å². The zero-order chi connectivity index (χ0) is 39.0. The van der Waals surface area contributed by atoms with E-state index in [1.807, 2.05) is 0 Å². The number of hydrogen-bond acceptors (Lipinski definition) is 1. The van der Waals surface area contributed by atoms with Gasteiger partial charge in [0, 0.05) is 38.0 Å². The maximum atomic E-state index is 6.49. The van der Waals surface area contributed by atoms with Gasteiger partial charge in [-0.25, -0.2) is 0 Å². The van der Waals surface area contributed by atoms with Crippen LogP contribution in [-0.2, 0) is 5.41 Å². The van der Waals surface area contributed by atoms with E-state index in [0.29, 0.717) is 0 Å². The molecule has 12 aromatic rings. The molecule has 276 valence electrons. The summed E-state index contributed by atoms with van der Waals surface area (Å²) in [6.45, 7) is 4.78. The van der Waals surface area contributed by atoms with E-state index in [2.05, 4.69) is 201 Å². The van der Waals surface area contributed by atoms with Gasteiger partial charge in [-0.3, -0.25) is 0 Å². The van der Waals surface area contributed by atoms with Crippen molar-refractivity contribution in [2.24, 2.45) is 0 Å². The number of H-pyrrole nitrogens is 1. The lowest BCUT2D eigenvalue weighted by Gasteiger charge is -2.23. The third-order valence-electron chi connectivity index (χ3n) is 13.3. The third kappa shape index (κ3) is 4.63. The van der Waals surface area contributed by atoms with E-state index >= 15 is 0 Å². The molecule has 2 heterocycles. The van der Waals surface area contributed by atoms with Crippen LogP contribution in [0.3, 0.4) is 0 Å². The molecule has 0 spiro atoms. The van der Waals surface area contributed by atoms with E-state index in [4.69, 9.17) is 4.42 Å². The van der Waals surface area contributed by atoms with Crippen LogP contribution in [-0.4, -0.2) is 4.98 Å². The van der Waals surface area contributed by atoms with Crippen molar-refractivity contribution in [3.63, 3.8) is 0 Å². The number of para-hydroxylation sites is 1. The fraction of sp³-hybridized carbons (Fsp3) is 0.0526. The summed E-state index contributed by atoms with van der Waals surface area (Å²) in [7, 11) is 0. The first-order valence-electron chi connectivity index (χ1n) is 20.6. The Kier molecular flexibility index (Phi) is 6.54. The summed E-state index contributed by atoms with van der Waals surface area (Å²) >= 11 is 0. The highest BCUT2D eigenvalue weighted by molar-refractivity contribution is 6.22. The maximum absolute atomic E-state index is 6.49. The number of hydrogen-bond donors (Lipinski definition) is 1. The molecule has 0 fully saturated rings. The Hall–Kier alpha value is -7.42. The second-order valence-electron chi connectivity index (χ2n) is 16.9. The molecule has 1 N–H and O–H groups in total. The van der Waals surface area contributed by atoms with Crippen LogP contribution in [0, 0.1) is 0 Å². The Morgan fingerprint density at radius 3 is 1.59 bits per heavy atom. The van der Waals surface area contributed by atoms with Crippen molar-refractivity contribution in [1.29, 1.82) is 0 Å². The number of benzene rings is 10. The van der Waals surface area contributed by atoms with Gasteiger partial charge >= 0.3 is 0 Å². The number of rotatable bonds is 3. The van der Waals surface area contributed by atoms with Crippen LogP contribution < -0.4 is 0 Å². The number of nitrogens with one attached hydrogen (secondary N) is 1. The summed E-state index contributed by atoms with van der Waals surface area (Å²) in [6, 6.07) is 67.3. The third-order valence-corrected chi connectivity index (χ3v) is 13.3. The van der Waals surface area contributed by atoms with Crippen molar-refractivity contribution in [2.75, 3.05) is 0 Å². The molecule has 0 bridgehead atoms. The minimum Gasteiger partial charge on any atom is -0.456 e. The molecule has 1 aliphatic rings. The first-order chi connectivity index (χ1) is 29.0. The van der Waals surface area contributed by atoms with Crippen molar-refractivity contribution in [3.8, 4) is 44.5 Å². The Balaban J connectivity index is 0.924. The molecule has 0 radical (unpaired) electrons. The Labute approximate surface area is 341 Å². The van der Waals surface area contributed by atoms with Gasteiger partial charge in [0.2, 0.25) is 0 Å². The fourth-order valence-corrected chi connectivity index (χ4v) is 10.5. The fourth-order valence-electron chi connectivity index (χ4n) is 10.5. The molecule has 1 aliphatic carbocycles. The van der Waals surface area contributed by atoms with E-state index in [9.17, 15) is 0 Å². The van der Waals surface area contributed by atoms with Gasteiger partial charge in [0.15, 0.2) is 0 Å². The van der Waals surface area contributed by atoms with E-state index in [1.165, 1.54) is 98.7 Å². The first-order valence-corrected chi connectivity index (χ1v) is 20.6. The average molecular weight is 752 g/mol. The minimum atomic E-state index is -0.189. The summed E-state index contributed by atoms with van der Waals surface area (Å²) < 4.78 is 6.49. The lowest BCUT2D eigenvalue weighted by Crippen LogP contribution is -2.15. The van der Waals surface area contributed by atoms with Crippen LogP contribution in [0.5, 0.6) is 0 Å². The van der Waals surface area contributed by atoms with Gasteiger partial charge in [0.25, 0.3) is 0 Å². The lowest BCUT2D eigenvalue weighted by atomic mass is 9.80. The monoisotopic (exact) mass is 751 g/mol. The summed E-state index contributed by atoms with van der Waals surface area (Å²) in [4.78, 5) is 3.60. The SMILES string of the molecule is CC1(C)c2cc(-c3ccc4oc5cc6cc7[nH]c8ccccc8c7cc6cc5c4c3)ccc2-c2ccc(-c3c4ccccc4c(-c4ccccc4)c4ccccc34)cc21. The molecule has 2 aromatic heterocycles. The Morgan fingerprint density at radius 2 is 0.881 bits per heavy atom. The summed E-state index contributed by atoms with van der Waals surface area (Å²) in [6.07, 6.45) is 0. The van der Waals surface area contributed by atoms with Gasteiger partial charge in [-0.05, 0) is 143 Å². The van der Waals surface area contributed by atoms with Crippen molar-refractivity contribution in [3.05, 3.63) is 193 Å². The normalized spacial score (nSPS) is 13.4. The van der Waals surface area contributed by atoms with Crippen LogP contribution in [0.25, 0.3) is 121 Å². The molecule has 0 aliphatic heterocycles. The molecule has 0 atom stereocenters. The van der Waals surface area contributed by atoms with E-state index in [-0.39, 0.29) is 5.41 Å². The smallest absolute Gasteiger partial charge is 0.136 e. The van der Waals surface area contributed by atoms with Crippen LogP contribution in [0.15, 0.2) is 186 Å². The lowest BCUT2D eigenvalue weighted by molar-refractivity contribution is 0.661. The van der Waals surface area contributed by atoms with Crippen LogP contribution >= 0.6 is 0 Å². The van der Waals surface area contributed by atoms with Crippen LogP contribution in [0.2, 0.25) is 0 Å². The van der Waals surface area contributed by atoms with E-state index in [0.717, 1.165) is 33.0 Å². The van der Waals surface area contributed by atoms with Crippen molar-refractivity contribution >= 4 is 76.1 Å². The maximum Gasteiger partial charge on any atom is 0.136 e. The molecule has 2 nitrogen and oxygen atoms in total. The highest BCUT2D eigenvalue weighted by Gasteiger charge is 2.36. The van der Waals surface area contributed by atoms with Crippen molar-refractivity contribution < 1.29 is 4.42 Å². The zero-order valence-electron chi connectivity index (χ0n) is 32.7. The molecule has 0 unspecified atom stereocenters. The van der Waals surface area contributed by atoms with Crippen molar-refractivity contribution in [1.82, 2.24) is 4.98 Å².